The van der Waals surface area contributed by atoms with Gasteiger partial charge in [0.25, 0.3) is 0 Å². The van der Waals surface area contributed by atoms with Crippen molar-refractivity contribution in [3.63, 3.8) is 0 Å². The molecule has 2 aromatic rings. The van der Waals surface area contributed by atoms with Crippen LogP contribution in [0.5, 0.6) is 0 Å². The van der Waals surface area contributed by atoms with Crippen LogP contribution in [0.3, 0.4) is 0 Å². The molecule has 0 spiro atoms. The molecule has 1 aliphatic heterocycles. The Hall–Kier alpha value is -2.83. The van der Waals surface area contributed by atoms with Crippen molar-refractivity contribution < 1.29 is 9.59 Å². The van der Waals surface area contributed by atoms with E-state index in [2.05, 4.69) is 25.5 Å². The summed E-state index contributed by atoms with van der Waals surface area (Å²) in [6, 6.07) is 8.11. The fourth-order valence-electron chi connectivity index (χ4n) is 2.81. The molecule has 3 rings (SSSR count). The first-order valence-corrected chi connectivity index (χ1v) is 8.57. The number of benzene rings is 1. The number of amides is 3. The van der Waals surface area contributed by atoms with Crippen LogP contribution >= 0.6 is 0 Å². The Bertz CT molecular complexity index is 718. The predicted octanol–water partition coefficient (Wildman–Crippen LogP) is 2.05. The van der Waals surface area contributed by atoms with E-state index in [9.17, 15) is 9.59 Å². The molecule has 2 heterocycles. The number of nitrogens with one attached hydrogen (secondary N) is 3. The summed E-state index contributed by atoms with van der Waals surface area (Å²) in [6.07, 6.45) is 5.31. The molecule has 1 unspecified atom stereocenters. The first kappa shape index (κ1) is 17.0. The van der Waals surface area contributed by atoms with Crippen LogP contribution in [0.15, 0.2) is 36.5 Å². The lowest BCUT2D eigenvalue weighted by molar-refractivity contribution is -0.117. The van der Waals surface area contributed by atoms with Gasteiger partial charge in [-0.25, -0.2) is 9.78 Å². The number of carbonyl (C=O) groups is 2. The Kier molecular flexibility index (Phi) is 5.33. The van der Waals surface area contributed by atoms with Gasteiger partial charge in [-0.05, 0) is 31.9 Å². The van der Waals surface area contributed by atoms with E-state index in [-0.39, 0.29) is 11.9 Å². The molecular weight excluding hydrogens is 318 g/mol. The van der Waals surface area contributed by atoms with E-state index in [1.807, 2.05) is 24.4 Å². The topological polar surface area (TPSA) is 88.1 Å². The number of carbonyl (C=O) groups excluding carboxylic acids is 2. The van der Waals surface area contributed by atoms with Crippen molar-refractivity contribution >= 4 is 17.6 Å². The van der Waals surface area contributed by atoms with Gasteiger partial charge < -0.3 is 20.5 Å². The molecular formula is C18H23N5O2. The van der Waals surface area contributed by atoms with E-state index >= 15 is 0 Å². The van der Waals surface area contributed by atoms with Crippen LogP contribution in [-0.4, -0.2) is 27.5 Å². The van der Waals surface area contributed by atoms with Crippen molar-refractivity contribution in [3.8, 4) is 0 Å². The summed E-state index contributed by atoms with van der Waals surface area (Å²) < 4.78 is 2.15. The average molecular weight is 341 g/mol. The molecule has 1 aromatic carbocycles. The molecule has 3 N–H and O–H groups in total. The van der Waals surface area contributed by atoms with Crippen LogP contribution in [0.4, 0.5) is 10.5 Å². The third kappa shape index (κ3) is 4.59. The first-order valence-electron chi connectivity index (χ1n) is 8.57. The summed E-state index contributed by atoms with van der Waals surface area (Å²) in [5.41, 5.74) is 1.54. The zero-order valence-corrected chi connectivity index (χ0v) is 14.3. The van der Waals surface area contributed by atoms with E-state index in [0.29, 0.717) is 12.2 Å². The zero-order valence-electron chi connectivity index (χ0n) is 14.3. The fraction of sp³-hybridized carbons (Fsp3) is 0.389. The number of hydrogen-bond acceptors (Lipinski definition) is 3. The number of urea groups is 1. The molecule has 25 heavy (non-hydrogen) atoms. The largest absolute Gasteiger partial charge is 0.335 e. The summed E-state index contributed by atoms with van der Waals surface area (Å²) in [7, 11) is 0. The number of imidazole rings is 1. The summed E-state index contributed by atoms with van der Waals surface area (Å²) in [5.74, 6) is 0.817. The van der Waals surface area contributed by atoms with E-state index in [0.717, 1.165) is 24.5 Å². The van der Waals surface area contributed by atoms with Gasteiger partial charge in [-0.3, -0.25) is 4.79 Å². The standard InChI is InChI=1S/C18H23N5O2/c1-13(17(24)22-14-7-3-2-4-8-14)20-18(25)19-11-15-12-23-10-6-5-9-16(23)21-15/h2-4,7-8,12-13H,5-6,9-11H2,1H3,(H,22,24)(H2,19,20,25). The van der Waals surface area contributed by atoms with Gasteiger partial charge in [0.1, 0.15) is 11.9 Å². The Morgan fingerprint density at radius 3 is 2.80 bits per heavy atom. The third-order valence-corrected chi connectivity index (χ3v) is 4.17. The quantitative estimate of drug-likeness (QED) is 0.778. The normalized spacial score (nSPS) is 14.3. The number of rotatable bonds is 5. The minimum atomic E-state index is -0.643. The van der Waals surface area contributed by atoms with Crippen LogP contribution < -0.4 is 16.0 Å². The molecule has 132 valence electrons. The molecule has 1 aliphatic rings. The monoisotopic (exact) mass is 341 g/mol. The first-order chi connectivity index (χ1) is 12.1. The Morgan fingerprint density at radius 2 is 2.04 bits per heavy atom. The van der Waals surface area contributed by atoms with Crippen LogP contribution in [0.25, 0.3) is 0 Å². The van der Waals surface area contributed by atoms with E-state index in [1.54, 1.807) is 19.1 Å². The molecule has 3 amide bonds. The van der Waals surface area contributed by atoms with Gasteiger partial charge in [-0.2, -0.15) is 0 Å². The number of fused-ring (bicyclic) bond motifs is 1. The van der Waals surface area contributed by atoms with Crippen molar-refractivity contribution in [1.82, 2.24) is 20.2 Å². The van der Waals surface area contributed by atoms with Crippen LogP contribution in [0.2, 0.25) is 0 Å². The second kappa shape index (κ2) is 7.83. The maximum absolute atomic E-state index is 12.1. The Balaban J connectivity index is 1.45. The number of aromatic nitrogens is 2. The van der Waals surface area contributed by atoms with Gasteiger partial charge in [0.2, 0.25) is 5.91 Å². The van der Waals surface area contributed by atoms with Gasteiger partial charge in [-0.15, -0.1) is 0 Å². The minimum absolute atomic E-state index is 0.265. The van der Waals surface area contributed by atoms with Crippen molar-refractivity contribution in [2.75, 3.05) is 5.32 Å². The number of anilines is 1. The van der Waals surface area contributed by atoms with E-state index < -0.39 is 6.04 Å². The molecule has 0 aliphatic carbocycles. The molecule has 0 radical (unpaired) electrons. The molecule has 7 nitrogen and oxygen atoms in total. The molecule has 0 saturated carbocycles. The summed E-state index contributed by atoms with van der Waals surface area (Å²) in [5, 5.41) is 8.14. The van der Waals surface area contributed by atoms with Gasteiger partial charge in [0, 0.05) is 24.8 Å². The Morgan fingerprint density at radius 1 is 1.24 bits per heavy atom. The molecule has 0 bridgehead atoms. The summed E-state index contributed by atoms with van der Waals surface area (Å²) in [6.45, 7) is 2.98. The number of hydrogen-bond donors (Lipinski definition) is 3. The molecule has 1 atom stereocenters. The zero-order chi connectivity index (χ0) is 17.6. The van der Waals surface area contributed by atoms with Crippen LogP contribution in [-0.2, 0) is 24.3 Å². The third-order valence-electron chi connectivity index (χ3n) is 4.17. The van der Waals surface area contributed by atoms with Crippen molar-refractivity contribution in [2.45, 2.75) is 45.3 Å². The number of para-hydroxylation sites is 1. The van der Waals surface area contributed by atoms with Crippen LogP contribution in [0, 0.1) is 0 Å². The average Bonchev–Trinajstić information content (AvgIpc) is 3.04. The Labute approximate surface area is 146 Å². The lowest BCUT2D eigenvalue weighted by Crippen LogP contribution is -2.46. The van der Waals surface area contributed by atoms with Gasteiger partial charge in [-0.1, -0.05) is 18.2 Å². The highest BCUT2D eigenvalue weighted by Gasteiger charge is 2.16. The summed E-state index contributed by atoms with van der Waals surface area (Å²) >= 11 is 0. The van der Waals surface area contributed by atoms with Crippen LogP contribution in [0.1, 0.15) is 31.3 Å². The highest BCUT2D eigenvalue weighted by Crippen LogP contribution is 2.14. The second-order valence-corrected chi connectivity index (χ2v) is 6.20. The van der Waals surface area contributed by atoms with Crippen molar-refractivity contribution in [3.05, 3.63) is 48.0 Å². The lowest BCUT2D eigenvalue weighted by atomic mass is 10.2. The van der Waals surface area contributed by atoms with Gasteiger partial charge >= 0.3 is 6.03 Å². The van der Waals surface area contributed by atoms with Gasteiger partial charge in [0.05, 0.1) is 12.2 Å². The van der Waals surface area contributed by atoms with Crippen molar-refractivity contribution in [1.29, 1.82) is 0 Å². The van der Waals surface area contributed by atoms with Crippen molar-refractivity contribution in [2.24, 2.45) is 0 Å². The highest BCUT2D eigenvalue weighted by molar-refractivity contribution is 5.96. The highest BCUT2D eigenvalue weighted by atomic mass is 16.2. The smallest absolute Gasteiger partial charge is 0.315 e. The maximum Gasteiger partial charge on any atom is 0.315 e. The molecule has 0 fully saturated rings. The molecule has 7 heteroatoms. The minimum Gasteiger partial charge on any atom is -0.335 e. The van der Waals surface area contributed by atoms with Gasteiger partial charge in [0.15, 0.2) is 0 Å². The number of nitrogens with zero attached hydrogens (tertiary/aromatic N) is 2. The fourth-order valence-corrected chi connectivity index (χ4v) is 2.81. The van der Waals surface area contributed by atoms with E-state index in [1.165, 1.54) is 12.8 Å². The predicted molar refractivity (Wildman–Crippen MR) is 95.1 cm³/mol. The SMILES string of the molecule is CC(NC(=O)NCc1cn2c(n1)CCCC2)C(=O)Nc1ccccc1. The summed E-state index contributed by atoms with van der Waals surface area (Å²) in [4.78, 5) is 28.6. The second-order valence-electron chi connectivity index (χ2n) is 6.20. The molecule has 1 aromatic heterocycles. The molecule has 0 saturated heterocycles. The maximum atomic E-state index is 12.1. The van der Waals surface area contributed by atoms with E-state index in [4.69, 9.17) is 0 Å². The number of aryl methyl sites for hydroxylation is 2. The lowest BCUT2D eigenvalue weighted by Gasteiger charge is -2.14.